The van der Waals surface area contributed by atoms with Gasteiger partial charge in [-0.05, 0) is 25.3 Å². The maximum atomic E-state index is 10.5. The first-order chi connectivity index (χ1) is 8.16. The second-order valence-electron chi connectivity index (χ2n) is 4.27. The molecule has 5 nitrogen and oxygen atoms in total. The average Bonchev–Trinajstić information content (AvgIpc) is 2.78. The van der Waals surface area contributed by atoms with Gasteiger partial charge in [-0.3, -0.25) is 10.1 Å². The molecule has 0 amide bonds. The summed E-state index contributed by atoms with van der Waals surface area (Å²) in [5.41, 5.74) is 0.0875. The molecule has 0 radical (unpaired) electrons. The first kappa shape index (κ1) is 11.7. The summed E-state index contributed by atoms with van der Waals surface area (Å²) >= 11 is 0. The van der Waals surface area contributed by atoms with Crippen LogP contribution in [0.1, 0.15) is 31.9 Å². The second-order valence-corrected chi connectivity index (χ2v) is 4.27. The minimum Gasteiger partial charge on any atom is -0.441 e. The van der Waals surface area contributed by atoms with E-state index in [1.165, 1.54) is 32.3 Å². The van der Waals surface area contributed by atoms with Crippen molar-refractivity contribution >= 4 is 12.0 Å². The molecule has 1 fully saturated rings. The van der Waals surface area contributed by atoms with Crippen molar-refractivity contribution in [3.8, 4) is 0 Å². The fraction of sp³-hybridized carbons (Fsp3) is 0.500. The van der Waals surface area contributed by atoms with Crippen molar-refractivity contribution in [1.82, 2.24) is 0 Å². The lowest BCUT2D eigenvalue weighted by atomic mass is 10.1. The molecule has 0 unspecified atom stereocenters. The van der Waals surface area contributed by atoms with Gasteiger partial charge in [0.2, 0.25) is 5.70 Å². The van der Waals surface area contributed by atoms with Crippen molar-refractivity contribution < 1.29 is 9.34 Å². The van der Waals surface area contributed by atoms with Gasteiger partial charge in [0.05, 0.1) is 11.0 Å². The molecule has 2 rings (SSSR count). The molecule has 1 saturated heterocycles. The summed E-state index contributed by atoms with van der Waals surface area (Å²) in [7, 11) is 0. The molecule has 0 saturated carbocycles. The maximum absolute atomic E-state index is 10.5. The van der Waals surface area contributed by atoms with E-state index in [0.29, 0.717) is 5.76 Å². The lowest BCUT2D eigenvalue weighted by Crippen LogP contribution is -2.28. The standard InChI is InChI=1S/C12H16N2O3/c1-10(14(15)16)9-11-5-6-12(17-11)13-7-3-2-4-8-13/h5-6,9H,2-4,7-8H2,1H3. The predicted octanol–water partition coefficient (Wildman–Crippen LogP) is 2.91. The summed E-state index contributed by atoms with van der Waals surface area (Å²) in [6.45, 7) is 3.47. The van der Waals surface area contributed by atoms with Crippen molar-refractivity contribution in [2.75, 3.05) is 18.0 Å². The minimum absolute atomic E-state index is 0.0875. The number of anilines is 1. The van der Waals surface area contributed by atoms with E-state index >= 15 is 0 Å². The van der Waals surface area contributed by atoms with Crippen LogP contribution in [0.25, 0.3) is 6.08 Å². The number of hydrogen-bond donors (Lipinski definition) is 0. The molecule has 1 aliphatic heterocycles. The Balaban J connectivity index is 2.10. The topological polar surface area (TPSA) is 59.5 Å². The van der Waals surface area contributed by atoms with E-state index in [1.807, 2.05) is 6.07 Å². The largest absolute Gasteiger partial charge is 0.441 e. The van der Waals surface area contributed by atoms with Gasteiger partial charge >= 0.3 is 0 Å². The summed E-state index contributed by atoms with van der Waals surface area (Å²) < 4.78 is 5.59. The molecule has 0 atom stereocenters. The zero-order valence-corrected chi connectivity index (χ0v) is 9.89. The Bertz CT molecular complexity index is 431. The second kappa shape index (κ2) is 5.03. The van der Waals surface area contributed by atoms with Gasteiger partial charge in [-0.2, -0.15) is 0 Å². The Morgan fingerprint density at radius 3 is 2.76 bits per heavy atom. The molecular formula is C12H16N2O3. The molecule has 1 aromatic rings. The number of piperidine rings is 1. The average molecular weight is 236 g/mol. The maximum Gasteiger partial charge on any atom is 0.246 e. The summed E-state index contributed by atoms with van der Waals surface area (Å²) in [4.78, 5) is 12.3. The van der Waals surface area contributed by atoms with Crippen LogP contribution in [0, 0.1) is 10.1 Å². The van der Waals surface area contributed by atoms with E-state index in [2.05, 4.69) is 4.90 Å². The van der Waals surface area contributed by atoms with Gasteiger partial charge in [-0.25, -0.2) is 0 Å². The Kier molecular flexibility index (Phi) is 3.46. The predicted molar refractivity (Wildman–Crippen MR) is 65.4 cm³/mol. The van der Waals surface area contributed by atoms with Crippen LogP contribution in [-0.4, -0.2) is 18.0 Å². The number of nitro groups is 1. The van der Waals surface area contributed by atoms with Gasteiger partial charge in [0.25, 0.3) is 0 Å². The number of hydrogen-bond acceptors (Lipinski definition) is 4. The van der Waals surface area contributed by atoms with Crippen LogP contribution in [0.3, 0.4) is 0 Å². The van der Waals surface area contributed by atoms with Crippen molar-refractivity contribution in [3.05, 3.63) is 33.7 Å². The van der Waals surface area contributed by atoms with Gasteiger partial charge in [0.1, 0.15) is 5.76 Å². The van der Waals surface area contributed by atoms with Gasteiger partial charge in [-0.1, -0.05) is 0 Å². The number of nitrogens with zero attached hydrogens (tertiary/aromatic N) is 2. The fourth-order valence-electron chi connectivity index (χ4n) is 1.96. The van der Waals surface area contributed by atoms with E-state index in [0.717, 1.165) is 19.0 Å². The van der Waals surface area contributed by atoms with Crippen LogP contribution in [0.15, 0.2) is 22.2 Å². The molecule has 0 N–H and O–H groups in total. The smallest absolute Gasteiger partial charge is 0.246 e. The van der Waals surface area contributed by atoms with Crippen molar-refractivity contribution in [3.63, 3.8) is 0 Å². The lowest BCUT2D eigenvalue weighted by molar-refractivity contribution is -0.422. The number of allylic oxidation sites excluding steroid dienone is 1. The van der Waals surface area contributed by atoms with Crippen molar-refractivity contribution in [1.29, 1.82) is 0 Å². The Labute approximate surface area is 99.9 Å². The Morgan fingerprint density at radius 2 is 2.12 bits per heavy atom. The molecule has 1 aromatic heterocycles. The SMILES string of the molecule is CC(=Cc1ccc(N2CCCCC2)o1)[N+](=O)[O-]. The molecule has 0 spiro atoms. The highest BCUT2D eigenvalue weighted by atomic mass is 16.6. The molecular weight excluding hydrogens is 220 g/mol. The van der Waals surface area contributed by atoms with Gasteiger partial charge in [0, 0.05) is 26.1 Å². The van der Waals surface area contributed by atoms with E-state index in [9.17, 15) is 10.1 Å². The third-order valence-corrected chi connectivity index (χ3v) is 2.92. The van der Waals surface area contributed by atoms with Crippen LogP contribution < -0.4 is 4.90 Å². The minimum atomic E-state index is -0.414. The number of furan rings is 1. The zero-order chi connectivity index (χ0) is 12.3. The third kappa shape index (κ3) is 2.87. The van der Waals surface area contributed by atoms with Gasteiger partial charge in [0.15, 0.2) is 5.88 Å². The molecule has 0 bridgehead atoms. The van der Waals surface area contributed by atoms with Crippen molar-refractivity contribution in [2.24, 2.45) is 0 Å². The lowest BCUT2D eigenvalue weighted by Gasteiger charge is -2.25. The highest BCUT2D eigenvalue weighted by Gasteiger charge is 2.14. The first-order valence-electron chi connectivity index (χ1n) is 5.84. The molecule has 5 heteroatoms. The summed E-state index contributed by atoms with van der Waals surface area (Å²) in [5.74, 6) is 1.35. The quantitative estimate of drug-likeness (QED) is 0.598. The number of rotatable bonds is 3. The summed E-state index contributed by atoms with van der Waals surface area (Å²) in [5, 5.41) is 10.5. The van der Waals surface area contributed by atoms with E-state index in [4.69, 9.17) is 4.42 Å². The van der Waals surface area contributed by atoms with E-state index in [1.54, 1.807) is 6.07 Å². The van der Waals surface area contributed by atoms with Crippen molar-refractivity contribution in [2.45, 2.75) is 26.2 Å². The summed E-state index contributed by atoms with van der Waals surface area (Å²) in [6, 6.07) is 3.65. The molecule has 17 heavy (non-hydrogen) atoms. The third-order valence-electron chi connectivity index (χ3n) is 2.92. The Morgan fingerprint density at radius 1 is 1.41 bits per heavy atom. The van der Waals surface area contributed by atoms with Gasteiger partial charge < -0.3 is 9.32 Å². The molecule has 2 heterocycles. The van der Waals surface area contributed by atoms with Crippen LogP contribution in [0.5, 0.6) is 0 Å². The molecule has 0 aliphatic carbocycles. The monoisotopic (exact) mass is 236 g/mol. The first-order valence-corrected chi connectivity index (χ1v) is 5.84. The van der Waals surface area contributed by atoms with Crippen LogP contribution in [0.2, 0.25) is 0 Å². The molecule has 92 valence electrons. The molecule has 0 aromatic carbocycles. The van der Waals surface area contributed by atoms with Crippen LogP contribution in [-0.2, 0) is 0 Å². The van der Waals surface area contributed by atoms with Crippen LogP contribution in [0.4, 0.5) is 5.88 Å². The fourth-order valence-corrected chi connectivity index (χ4v) is 1.96. The van der Waals surface area contributed by atoms with Gasteiger partial charge in [-0.15, -0.1) is 0 Å². The zero-order valence-electron chi connectivity index (χ0n) is 9.89. The van der Waals surface area contributed by atoms with E-state index in [-0.39, 0.29) is 5.70 Å². The van der Waals surface area contributed by atoms with Crippen LogP contribution >= 0.6 is 0 Å². The normalized spacial score (nSPS) is 17.2. The highest BCUT2D eigenvalue weighted by Crippen LogP contribution is 2.23. The van der Waals surface area contributed by atoms with E-state index < -0.39 is 4.92 Å². The summed E-state index contributed by atoms with van der Waals surface area (Å²) in [6.07, 6.45) is 5.08. The molecule has 1 aliphatic rings. The Hall–Kier alpha value is -1.78. The highest BCUT2D eigenvalue weighted by molar-refractivity contribution is 5.49.